The van der Waals surface area contributed by atoms with Gasteiger partial charge in [0.15, 0.2) is 0 Å². The molecule has 0 aliphatic carbocycles. The van der Waals surface area contributed by atoms with Crippen LogP contribution in [0.3, 0.4) is 0 Å². The lowest BCUT2D eigenvalue weighted by atomic mass is 10.0. The molecule has 1 aromatic rings. The number of likely N-dealkylation sites (tertiary alicyclic amines) is 2. The molecule has 0 spiro atoms. The highest BCUT2D eigenvalue weighted by molar-refractivity contribution is 7.07. The normalized spacial score (nSPS) is 25.2. The molecule has 0 aromatic carbocycles. The molecule has 120 valence electrons. The van der Waals surface area contributed by atoms with Crippen LogP contribution in [-0.2, 0) is 14.3 Å². The van der Waals surface area contributed by atoms with Crippen LogP contribution in [0.2, 0.25) is 0 Å². The number of amides is 2. The maximum atomic E-state index is 12.8. The Morgan fingerprint density at radius 1 is 1.50 bits per heavy atom. The molecule has 5 nitrogen and oxygen atoms in total. The van der Waals surface area contributed by atoms with Crippen LogP contribution in [0, 0.1) is 5.92 Å². The largest absolute Gasteiger partial charge is 0.383 e. The summed E-state index contributed by atoms with van der Waals surface area (Å²) >= 11 is 1.67. The van der Waals surface area contributed by atoms with Crippen molar-refractivity contribution < 1.29 is 14.3 Å². The second-order valence-electron chi connectivity index (χ2n) is 5.98. The topological polar surface area (TPSA) is 49.9 Å². The Labute approximate surface area is 134 Å². The minimum Gasteiger partial charge on any atom is -0.383 e. The van der Waals surface area contributed by atoms with Gasteiger partial charge in [0.2, 0.25) is 11.8 Å². The molecule has 2 aliphatic heterocycles. The van der Waals surface area contributed by atoms with Crippen molar-refractivity contribution in [3.8, 4) is 0 Å². The minimum absolute atomic E-state index is 0.0710. The lowest BCUT2D eigenvalue weighted by Gasteiger charge is -2.27. The van der Waals surface area contributed by atoms with Crippen molar-refractivity contribution in [2.24, 2.45) is 5.92 Å². The Morgan fingerprint density at radius 3 is 3.09 bits per heavy atom. The van der Waals surface area contributed by atoms with E-state index in [0.29, 0.717) is 26.1 Å². The SMILES string of the molecule is COCCN1C[C@@H](C(=O)N2CCC[C@H]2c2ccsc2)CC1=O. The first-order valence-corrected chi connectivity index (χ1v) is 8.74. The fraction of sp³-hybridized carbons (Fsp3) is 0.625. The molecule has 1 aromatic heterocycles. The molecule has 0 radical (unpaired) electrons. The van der Waals surface area contributed by atoms with Gasteiger partial charge in [0.1, 0.15) is 0 Å². The summed E-state index contributed by atoms with van der Waals surface area (Å²) in [6.07, 6.45) is 2.41. The first kappa shape index (κ1) is 15.5. The third-order valence-corrected chi connectivity index (χ3v) is 5.29. The Morgan fingerprint density at radius 2 is 2.36 bits per heavy atom. The molecule has 0 bridgehead atoms. The smallest absolute Gasteiger partial charge is 0.228 e. The molecule has 2 saturated heterocycles. The van der Waals surface area contributed by atoms with Gasteiger partial charge in [0.25, 0.3) is 0 Å². The summed E-state index contributed by atoms with van der Waals surface area (Å²) in [5.74, 6) is 0.0206. The molecule has 6 heteroatoms. The quantitative estimate of drug-likeness (QED) is 0.832. The number of thiophene rings is 1. The Kier molecular flexibility index (Phi) is 4.78. The second kappa shape index (κ2) is 6.79. The summed E-state index contributed by atoms with van der Waals surface area (Å²) in [5, 5.41) is 4.18. The number of methoxy groups -OCH3 is 1. The van der Waals surface area contributed by atoms with Crippen molar-refractivity contribution in [3.63, 3.8) is 0 Å². The van der Waals surface area contributed by atoms with Gasteiger partial charge in [-0.25, -0.2) is 0 Å². The van der Waals surface area contributed by atoms with Gasteiger partial charge in [0.05, 0.1) is 18.6 Å². The Bertz CT molecular complexity index is 532. The average molecular weight is 322 g/mol. The van der Waals surface area contributed by atoms with Gasteiger partial charge in [-0.2, -0.15) is 11.3 Å². The summed E-state index contributed by atoms with van der Waals surface area (Å²) in [6.45, 7) is 2.44. The molecule has 0 saturated carbocycles. The number of carbonyl (C=O) groups is 2. The summed E-state index contributed by atoms with van der Waals surface area (Å²) in [7, 11) is 1.62. The monoisotopic (exact) mass is 322 g/mol. The predicted octanol–water partition coefficient (Wildman–Crippen LogP) is 1.91. The standard InChI is InChI=1S/C16H22N2O3S/c1-21-7-6-17-10-13(9-15(17)19)16(20)18-5-2-3-14(18)12-4-8-22-11-12/h4,8,11,13-14H,2-3,5-7,9-10H2,1H3/t13-,14-/m0/s1. The van der Waals surface area contributed by atoms with Gasteiger partial charge in [-0.1, -0.05) is 0 Å². The molecule has 0 unspecified atom stereocenters. The maximum Gasteiger partial charge on any atom is 0.228 e. The molecule has 2 atom stereocenters. The Balaban J connectivity index is 1.65. The van der Waals surface area contributed by atoms with E-state index in [9.17, 15) is 9.59 Å². The molecule has 2 fully saturated rings. The molecule has 0 N–H and O–H groups in total. The van der Waals surface area contributed by atoms with Gasteiger partial charge in [-0.3, -0.25) is 9.59 Å². The fourth-order valence-corrected chi connectivity index (χ4v) is 4.14. The van der Waals surface area contributed by atoms with Crippen LogP contribution in [0.4, 0.5) is 0 Å². The molecule has 2 amide bonds. The van der Waals surface area contributed by atoms with Gasteiger partial charge in [-0.05, 0) is 35.2 Å². The number of hydrogen-bond acceptors (Lipinski definition) is 4. The molecule has 3 rings (SSSR count). The van der Waals surface area contributed by atoms with Crippen LogP contribution in [0.15, 0.2) is 16.8 Å². The van der Waals surface area contributed by atoms with Gasteiger partial charge in [-0.15, -0.1) is 0 Å². The third-order valence-electron chi connectivity index (χ3n) is 4.59. The lowest BCUT2D eigenvalue weighted by Crippen LogP contribution is -2.37. The summed E-state index contributed by atoms with van der Waals surface area (Å²) in [4.78, 5) is 28.6. The van der Waals surface area contributed by atoms with Crippen molar-refractivity contribution in [3.05, 3.63) is 22.4 Å². The van der Waals surface area contributed by atoms with E-state index in [1.54, 1.807) is 23.3 Å². The van der Waals surface area contributed by atoms with E-state index in [2.05, 4.69) is 16.8 Å². The van der Waals surface area contributed by atoms with Crippen LogP contribution in [0.1, 0.15) is 30.9 Å². The van der Waals surface area contributed by atoms with E-state index in [-0.39, 0.29) is 23.8 Å². The third kappa shape index (κ3) is 3.03. The van der Waals surface area contributed by atoms with Gasteiger partial charge >= 0.3 is 0 Å². The van der Waals surface area contributed by atoms with Gasteiger partial charge in [0, 0.05) is 33.2 Å². The van der Waals surface area contributed by atoms with E-state index < -0.39 is 0 Å². The van der Waals surface area contributed by atoms with Crippen LogP contribution in [-0.4, -0.2) is 55.0 Å². The highest BCUT2D eigenvalue weighted by atomic mass is 32.1. The van der Waals surface area contributed by atoms with Crippen molar-refractivity contribution in [2.75, 3.05) is 33.4 Å². The van der Waals surface area contributed by atoms with E-state index in [1.807, 2.05) is 4.90 Å². The van der Waals surface area contributed by atoms with Crippen molar-refractivity contribution in [2.45, 2.75) is 25.3 Å². The highest BCUT2D eigenvalue weighted by Gasteiger charge is 2.39. The summed E-state index contributed by atoms with van der Waals surface area (Å²) in [5.41, 5.74) is 1.23. The zero-order valence-corrected chi connectivity index (χ0v) is 13.7. The fourth-order valence-electron chi connectivity index (χ4n) is 3.43. The molecular formula is C16H22N2O3S. The average Bonchev–Trinajstić information content (AvgIpc) is 3.24. The van der Waals surface area contributed by atoms with Crippen molar-refractivity contribution in [1.29, 1.82) is 0 Å². The number of carbonyl (C=O) groups excluding carboxylic acids is 2. The number of hydrogen-bond donors (Lipinski definition) is 0. The second-order valence-corrected chi connectivity index (χ2v) is 6.76. The maximum absolute atomic E-state index is 12.8. The van der Waals surface area contributed by atoms with E-state index in [0.717, 1.165) is 19.4 Å². The van der Waals surface area contributed by atoms with Crippen LogP contribution < -0.4 is 0 Å². The highest BCUT2D eigenvalue weighted by Crippen LogP contribution is 2.35. The predicted molar refractivity (Wildman–Crippen MR) is 84.6 cm³/mol. The van der Waals surface area contributed by atoms with Crippen molar-refractivity contribution in [1.82, 2.24) is 9.80 Å². The van der Waals surface area contributed by atoms with E-state index in [1.165, 1.54) is 5.56 Å². The van der Waals surface area contributed by atoms with E-state index >= 15 is 0 Å². The zero-order valence-electron chi connectivity index (χ0n) is 12.9. The number of ether oxygens (including phenoxy) is 1. The first-order valence-electron chi connectivity index (χ1n) is 7.80. The minimum atomic E-state index is -0.191. The number of rotatable bonds is 5. The van der Waals surface area contributed by atoms with Crippen LogP contribution in [0.5, 0.6) is 0 Å². The molecule has 22 heavy (non-hydrogen) atoms. The Hall–Kier alpha value is -1.40. The van der Waals surface area contributed by atoms with Crippen LogP contribution >= 0.6 is 11.3 Å². The van der Waals surface area contributed by atoms with Gasteiger partial charge < -0.3 is 14.5 Å². The summed E-state index contributed by atoms with van der Waals surface area (Å²) in [6, 6.07) is 2.30. The lowest BCUT2D eigenvalue weighted by molar-refractivity contribution is -0.136. The molecule has 2 aliphatic rings. The molecular weight excluding hydrogens is 300 g/mol. The van der Waals surface area contributed by atoms with E-state index in [4.69, 9.17) is 4.74 Å². The molecule has 3 heterocycles. The zero-order chi connectivity index (χ0) is 15.5. The first-order chi connectivity index (χ1) is 10.7. The summed E-state index contributed by atoms with van der Waals surface area (Å²) < 4.78 is 5.03. The van der Waals surface area contributed by atoms with Crippen LogP contribution in [0.25, 0.3) is 0 Å². The van der Waals surface area contributed by atoms with Crippen molar-refractivity contribution >= 4 is 23.2 Å². The number of nitrogens with zero attached hydrogens (tertiary/aromatic N) is 2.